The molecule has 2 aliphatic rings. The molecule has 1 amide bonds. The van der Waals surface area contributed by atoms with Crippen LogP contribution in [0.25, 0.3) is 6.08 Å². The predicted molar refractivity (Wildman–Crippen MR) is 99.6 cm³/mol. The number of carbonyl (C=O) groups excluding carboxylic acids is 1. The van der Waals surface area contributed by atoms with E-state index in [1.54, 1.807) is 18.2 Å². The van der Waals surface area contributed by atoms with Gasteiger partial charge in [-0.1, -0.05) is 41.6 Å². The van der Waals surface area contributed by atoms with Crippen LogP contribution in [-0.2, 0) is 4.79 Å². The van der Waals surface area contributed by atoms with E-state index in [0.717, 1.165) is 5.56 Å². The van der Waals surface area contributed by atoms with E-state index in [2.05, 4.69) is 0 Å². The molecular formula is C17H9ClFNO3S2. The van der Waals surface area contributed by atoms with E-state index in [9.17, 15) is 9.18 Å². The highest BCUT2D eigenvalue weighted by molar-refractivity contribution is 8.27. The number of benzene rings is 2. The third-order valence-corrected chi connectivity index (χ3v) is 5.24. The summed E-state index contributed by atoms with van der Waals surface area (Å²) in [6, 6.07) is 9.46. The normalized spacial score (nSPS) is 17.7. The molecule has 2 aliphatic heterocycles. The highest BCUT2D eigenvalue weighted by atomic mass is 35.5. The van der Waals surface area contributed by atoms with Gasteiger partial charge in [-0.15, -0.1) is 0 Å². The number of anilines is 1. The van der Waals surface area contributed by atoms with Gasteiger partial charge in [0.05, 0.1) is 15.6 Å². The maximum absolute atomic E-state index is 13.3. The molecule has 2 aromatic carbocycles. The molecule has 0 unspecified atom stereocenters. The second-order valence-corrected chi connectivity index (χ2v) is 7.31. The van der Waals surface area contributed by atoms with Crippen molar-refractivity contribution in [1.29, 1.82) is 0 Å². The van der Waals surface area contributed by atoms with E-state index in [-0.39, 0.29) is 17.7 Å². The lowest BCUT2D eigenvalue weighted by Gasteiger charge is -2.14. The van der Waals surface area contributed by atoms with Gasteiger partial charge >= 0.3 is 0 Å². The molecule has 4 nitrogen and oxygen atoms in total. The maximum Gasteiger partial charge on any atom is 0.270 e. The molecule has 2 heterocycles. The Hall–Kier alpha value is -2.09. The van der Waals surface area contributed by atoms with Crippen molar-refractivity contribution in [2.75, 3.05) is 11.7 Å². The minimum Gasteiger partial charge on any atom is -0.454 e. The summed E-state index contributed by atoms with van der Waals surface area (Å²) < 4.78 is 24.3. The lowest BCUT2D eigenvalue weighted by atomic mass is 10.2. The van der Waals surface area contributed by atoms with Gasteiger partial charge in [0, 0.05) is 0 Å². The zero-order valence-corrected chi connectivity index (χ0v) is 14.9. The lowest BCUT2D eigenvalue weighted by Crippen LogP contribution is -2.27. The summed E-state index contributed by atoms with van der Waals surface area (Å²) in [6.45, 7) is 0.187. The van der Waals surface area contributed by atoms with Crippen molar-refractivity contribution in [3.63, 3.8) is 0 Å². The Morgan fingerprint density at radius 1 is 1.20 bits per heavy atom. The smallest absolute Gasteiger partial charge is 0.270 e. The van der Waals surface area contributed by atoms with Crippen molar-refractivity contribution in [2.24, 2.45) is 0 Å². The van der Waals surface area contributed by atoms with Gasteiger partial charge in [-0.05, 0) is 42.0 Å². The Labute approximate surface area is 157 Å². The monoisotopic (exact) mass is 393 g/mol. The second-order valence-electron chi connectivity index (χ2n) is 5.23. The third kappa shape index (κ3) is 2.99. The number of thiocarbonyl (C=S) groups is 1. The Morgan fingerprint density at radius 3 is 2.80 bits per heavy atom. The number of amides is 1. The van der Waals surface area contributed by atoms with E-state index < -0.39 is 5.82 Å². The number of fused-ring (bicyclic) bond motifs is 1. The first kappa shape index (κ1) is 16.4. The molecule has 0 atom stereocenters. The highest BCUT2D eigenvalue weighted by Gasteiger charge is 2.33. The molecule has 0 spiro atoms. The molecule has 4 rings (SSSR count). The largest absolute Gasteiger partial charge is 0.454 e. The summed E-state index contributed by atoms with van der Waals surface area (Å²) in [4.78, 5) is 14.5. The van der Waals surface area contributed by atoms with Gasteiger partial charge in [-0.3, -0.25) is 9.69 Å². The zero-order chi connectivity index (χ0) is 17.6. The lowest BCUT2D eigenvalue weighted by molar-refractivity contribution is -0.113. The average Bonchev–Trinajstić information content (AvgIpc) is 3.15. The first-order valence-electron chi connectivity index (χ1n) is 7.15. The van der Waals surface area contributed by atoms with Crippen LogP contribution in [0.3, 0.4) is 0 Å². The van der Waals surface area contributed by atoms with Gasteiger partial charge in [-0.25, -0.2) is 4.39 Å². The van der Waals surface area contributed by atoms with Crippen LogP contribution in [-0.4, -0.2) is 17.0 Å². The zero-order valence-electron chi connectivity index (χ0n) is 12.5. The van der Waals surface area contributed by atoms with Crippen molar-refractivity contribution < 1.29 is 18.7 Å². The standard InChI is InChI=1S/C17H9ClFNO3S2/c18-11-7-10(2-3-12(11)19)20-16(21)15(25-17(20)24)6-9-1-4-13-14(5-9)23-8-22-13/h1-7H,8H2/b15-6+. The summed E-state index contributed by atoms with van der Waals surface area (Å²) in [5, 5.41) is -0.0636. The molecule has 0 radical (unpaired) electrons. The van der Waals surface area contributed by atoms with Gasteiger partial charge in [0.25, 0.3) is 5.91 Å². The first-order valence-corrected chi connectivity index (χ1v) is 8.76. The fraction of sp³-hybridized carbons (Fsp3) is 0.0588. The number of ether oxygens (including phenoxy) is 2. The van der Waals surface area contributed by atoms with Crippen LogP contribution in [0.1, 0.15) is 5.56 Å². The molecule has 0 saturated carbocycles. The van der Waals surface area contributed by atoms with Crippen molar-refractivity contribution in [3.8, 4) is 11.5 Å². The van der Waals surface area contributed by atoms with Gasteiger partial charge in [0.2, 0.25) is 6.79 Å². The number of thioether (sulfide) groups is 1. The van der Waals surface area contributed by atoms with E-state index in [1.165, 1.54) is 34.9 Å². The van der Waals surface area contributed by atoms with E-state index in [0.29, 0.717) is 26.4 Å². The van der Waals surface area contributed by atoms with Gasteiger partial charge in [0.15, 0.2) is 15.8 Å². The van der Waals surface area contributed by atoms with Crippen molar-refractivity contribution >= 4 is 57.6 Å². The number of hydrogen-bond donors (Lipinski definition) is 0. The third-order valence-electron chi connectivity index (χ3n) is 3.65. The minimum absolute atomic E-state index is 0.0636. The fourth-order valence-electron chi connectivity index (χ4n) is 2.47. The van der Waals surface area contributed by atoms with E-state index in [1.807, 2.05) is 6.07 Å². The summed E-state index contributed by atoms with van der Waals surface area (Å²) in [7, 11) is 0. The number of rotatable bonds is 2. The Balaban J connectivity index is 1.65. The molecule has 0 aromatic heterocycles. The SMILES string of the molecule is O=C1/C(=C\c2ccc3c(c2)OCO3)SC(=S)N1c1ccc(F)c(Cl)c1. The molecule has 2 aromatic rings. The highest BCUT2D eigenvalue weighted by Crippen LogP contribution is 2.38. The summed E-state index contributed by atoms with van der Waals surface area (Å²) in [6.07, 6.45) is 1.73. The van der Waals surface area contributed by atoms with Crippen LogP contribution in [0.2, 0.25) is 5.02 Å². The van der Waals surface area contributed by atoms with Gasteiger partial charge in [0.1, 0.15) is 5.82 Å². The Morgan fingerprint density at radius 2 is 2.00 bits per heavy atom. The number of nitrogens with zero attached hydrogens (tertiary/aromatic N) is 1. The minimum atomic E-state index is -0.549. The average molecular weight is 394 g/mol. The van der Waals surface area contributed by atoms with Crippen LogP contribution >= 0.6 is 35.6 Å². The van der Waals surface area contributed by atoms with Crippen LogP contribution in [0.15, 0.2) is 41.3 Å². The Kier molecular flexibility index (Phi) is 4.15. The molecule has 126 valence electrons. The van der Waals surface area contributed by atoms with Crippen molar-refractivity contribution in [3.05, 3.63) is 57.7 Å². The molecule has 25 heavy (non-hydrogen) atoms. The second kappa shape index (κ2) is 6.33. The van der Waals surface area contributed by atoms with Gasteiger partial charge < -0.3 is 9.47 Å². The van der Waals surface area contributed by atoms with Crippen molar-refractivity contribution in [1.82, 2.24) is 0 Å². The van der Waals surface area contributed by atoms with E-state index >= 15 is 0 Å². The maximum atomic E-state index is 13.3. The van der Waals surface area contributed by atoms with Crippen LogP contribution in [0, 0.1) is 5.82 Å². The Bertz CT molecular complexity index is 947. The van der Waals surface area contributed by atoms with Gasteiger partial charge in [-0.2, -0.15) is 0 Å². The number of halogens is 2. The summed E-state index contributed by atoms with van der Waals surface area (Å²) >= 11 is 12.3. The molecule has 0 bridgehead atoms. The van der Waals surface area contributed by atoms with Crippen LogP contribution in [0.4, 0.5) is 10.1 Å². The molecule has 0 aliphatic carbocycles. The molecular weight excluding hydrogens is 385 g/mol. The first-order chi connectivity index (χ1) is 12.0. The van der Waals surface area contributed by atoms with Crippen LogP contribution in [0.5, 0.6) is 11.5 Å². The number of hydrogen-bond acceptors (Lipinski definition) is 5. The van der Waals surface area contributed by atoms with Crippen LogP contribution < -0.4 is 14.4 Å². The predicted octanol–water partition coefficient (Wildman–Crippen LogP) is 4.61. The quantitative estimate of drug-likeness (QED) is 0.550. The molecule has 1 fully saturated rings. The topological polar surface area (TPSA) is 38.8 Å². The summed E-state index contributed by atoms with van der Waals surface area (Å²) in [5.74, 6) is 0.474. The number of carbonyl (C=O) groups is 1. The fourth-order valence-corrected chi connectivity index (χ4v) is 3.94. The molecule has 1 saturated heterocycles. The van der Waals surface area contributed by atoms with E-state index in [4.69, 9.17) is 33.3 Å². The molecule has 0 N–H and O–H groups in total. The van der Waals surface area contributed by atoms with Crippen molar-refractivity contribution in [2.45, 2.75) is 0 Å². The summed E-state index contributed by atoms with van der Waals surface area (Å²) in [5.41, 5.74) is 1.23. The molecule has 8 heteroatoms.